The number of ketones is 1. The van der Waals surface area contributed by atoms with Crippen molar-refractivity contribution in [3.8, 4) is 0 Å². The molecule has 0 bridgehead atoms. The quantitative estimate of drug-likeness (QED) is 0.607. The zero-order valence-corrected chi connectivity index (χ0v) is 6.24. The first-order valence-electron chi connectivity index (χ1n) is 3.34. The molecule has 0 aromatic carbocycles. The molecule has 2 heteroatoms. The fourth-order valence-electron chi connectivity index (χ4n) is 0.816. The highest BCUT2D eigenvalue weighted by molar-refractivity contribution is 5.79. The first-order valence-corrected chi connectivity index (χ1v) is 3.34. The summed E-state index contributed by atoms with van der Waals surface area (Å²) in [5, 5.41) is 0. The predicted octanol–water partition coefficient (Wildman–Crippen LogP) is 1.64. The third kappa shape index (κ3) is 1.26. The maximum Gasteiger partial charge on any atom is 0.152 e. The van der Waals surface area contributed by atoms with Gasteiger partial charge in [0.15, 0.2) is 5.78 Å². The second-order valence-corrected chi connectivity index (χ2v) is 2.42. The van der Waals surface area contributed by atoms with Crippen molar-refractivity contribution >= 4 is 5.78 Å². The van der Waals surface area contributed by atoms with Crippen molar-refractivity contribution in [2.24, 2.45) is 0 Å². The van der Waals surface area contributed by atoms with Gasteiger partial charge in [0.25, 0.3) is 0 Å². The van der Waals surface area contributed by atoms with Crippen LogP contribution < -0.4 is 0 Å². The summed E-state index contributed by atoms with van der Waals surface area (Å²) in [5.74, 6) is 0.191. The van der Waals surface area contributed by atoms with Gasteiger partial charge in [-0.1, -0.05) is 0 Å². The maximum absolute atomic E-state index is 10.8. The van der Waals surface area contributed by atoms with Crippen LogP contribution in [-0.4, -0.2) is 10.4 Å². The van der Waals surface area contributed by atoms with Gasteiger partial charge in [-0.2, -0.15) is 0 Å². The number of nitrogens with zero attached hydrogens (tertiary/aromatic N) is 1. The Kier molecular flexibility index (Phi) is 1.90. The molecule has 1 aromatic heterocycles. The van der Waals surface area contributed by atoms with Crippen molar-refractivity contribution in [1.29, 1.82) is 0 Å². The average molecular weight is 137 g/mol. The van der Waals surface area contributed by atoms with Crippen LogP contribution in [0.1, 0.15) is 19.9 Å². The Bertz CT molecular complexity index is 213. The summed E-state index contributed by atoms with van der Waals surface area (Å²) in [6, 6.07) is 3.81. The number of Topliss-reactive ketones (excluding diaryl/α,β-unsaturated/α-hetero) is 1. The van der Waals surface area contributed by atoms with E-state index in [1.807, 2.05) is 36.0 Å². The molecule has 1 atom stereocenters. The van der Waals surface area contributed by atoms with Crippen LogP contribution in [0.3, 0.4) is 0 Å². The van der Waals surface area contributed by atoms with Crippen molar-refractivity contribution in [1.82, 2.24) is 4.57 Å². The van der Waals surface area contributed by atoms with Crippen molar-refractivity contribution in [3.63, 3.8) is 0 Å². The van der Waals surface area contributed by atoms with Gasteiger partial charge >= 0.3 is 0 Å². The molecule has 1 rings (SSSR count). The highest BCUT2D eigenvalue weighted by Gasteiger charge is 2.06. The smallest absolute Gasteiger partial charge is 0.152 e. The number of hydrogen-bond donors (Lipinski definition) is 0. The Balaban J connectivity index is 2.77. The fourth-order valence-corrected chi connectivity index (χ4v) is 0.816. The van der Waals surface area contributed by atoms with Gasteiger partial charge in [-0.05, 0) is 26.0 Å². The van der Waals surface area contributed by atoms with Crippen LogP contribution in [0, 0.1) is 0 Å². The summed E-state index contributed by atoms with van der Waals surface area (Å²) in [5.41, 5.74) is 0. The molecule has 0 amide bonds. The summed E-state index contributed by atoms with van der Waals surface area (Å²) in [4.78, 5) is 10.8. The number of carbonyl (C=O) groups is 1. The minimum Gasteiger partial charge on any atom is -0.344 e. The van der Waals surface area contributed by atoms with Crippen LogP contribution in [0.2, 0.25) is 0 Å². The molecule has 0 saturated carbocycles. The molecule has 0 N–H and O–H groups in total. The molecule has 0 fully saturated rings. The molecule has 0 aliphatic rings. The zero-order chi connectivity index (χ0) is 7.56. The van der Waals surface area contributed by atoms with E-state index in [-0.39, 0.29) is 11.8 Å². The van der Waals surface area contributed by atoms with Crippen LogP contribution in [0.4, 0.5) is 0 Å². The SMILES string of the molecule is CC(=O)C(C)n1cccc1. The topological polar surface area (TPSA) is 22.0 Å². The lowest BCUT2D eigenvalue weighted by Gasteiger charge is -2.07. The molecule has 0 aliphatic heterocycles. The van der Waals surface area contributed by atoms with Gasteiger partial charge < -0.3 is 4.57 Å². The van der Waals surface area contributed by atoms with Gasteiger partial charge in [-0.25, -0.2) is 0 Å². The summed E-state index contributed by atoms with van der Waals surface area (Å²) >= 11 is 0. The Labute approximate surface area is 60.5 Å². The molecule has 0 radical (unpaired) electrons. The van der Waals surface area contributed by atoms with E-state index in [0.717, 1.165) is 0 Å². The Morgan fingerprint density at radius 1 is 1.40 bits per heavy atom. The van der Waals surface area contributed by atoms with Crippen LogP contribution in [0.15, 0.2) is 24.5 Å². The summed E-state index contributed by atoms with van der Waals surface area (Å²) in [6.07, 6.45) is 3.79. The van der Waals surface area contributed by atoms with Crippen molar-refractivity contribution in [2.45, 2.75) is 19.9 Å². The van der Waals surface area contributed by atoms with Gasteiger partial charge in [0.05, 0.1) is 6.04 Å². The van der Waals surface area contributed by atoms with Crippen molar-refractivity contribution in [2.75, 3.05) is 0 Å². The Morgan fingerprint density at radius 3 is 2.30 bits per heavy atom. The van der Waals surface area contributed by atoms with Crippen LogP contribution >= 0.6 is 0 Å². The Hall–Kier alpha value is -1.05. The largest absolute Gasteiger partial charge is 0.344 e. The van der Waals surface area contributed by atoms with E-state index in [1.54, 1.807) is 6.92 Å². The normalized spacial score (nSPS) is 13.0. The van der Waals surface area contributed by atoms with E-state index in [2.05, 4.69) is 0 Å². The highest BCUT2D eigenvalue weighted by Crippen LogP contribution is 2.05. The second-order valence-electron chi connectivity index (χ2n) is 2.42. The van der Waals surface area contributed by atoms with Crippen molar-refractivity contribution < 1.29 is 4.79 Å². The average Bonchev–Trinajstić information content (AvgIpc) is 2.36. The van der Waals surface area contributed by atoms with Gasteiger partial charge in [-0.15, -0.1) is 0 Å². The number of carbonyl (C=O) groups excluding carboxylic acids is 1. The van der Waals surface area contributed by atoms with Crippen LogP contribution in [0.25, 0.3) is 0 Å². The molecular weight excluding hydrogens is 126 g/mol. The summed E-state index contributed by atoms with van der Waals surface area (Å²) in [6.45, 7) is 3.49. The lowest BCUT2D eigenvalue weighted by Crippen LogP contribution is -2.10. The lowest BCUT2D eigenvalue weighted by molar-refractivity contribution is -0.119. The first kappa shape index (κ1) is 7.06. The molecule has 1 aromatic rings. The molecule has 0 saturated heterocycles. The highest BCUT2D eigenvalue weighted by atomic mass is 16.1. The second kappa shape index (κ2) is 2.69. The molecule has 0 spiro atoms. The summed E-state index contributed by atoms with van der Waals surface area (Å²) in [7, 11) is 0. The number of aromatic nitrogens is 1. The third-order valence-corrected chi connectivity index (χ3v) is 1.66. The van der Waals surface area contributed by atoms with Gasteiger partial charge in [0, 0.05) is 12.4 Å². The van der Waals surface area contributed by atoms with Gasteiger partial charge in [0.2, 0.25) is 0 Å². The number of rotatable bonds is 2. The van der Waals surface area contributed by atoms with Crippen LogP contribution in [-0.2, 0) is 4.79 Å². The minimum absolute atomic E-state index is 0.0185. The number of hydrogen-bond acceptors (Lipinski definition) is 1. The Morgan fingerprint density at radius 2 is 1.90 bits per heavy atom. The van der Waals surface area contributed by atoms with E-state index < -0.39 is 0 Å². The van der Waals surface area contributed by atoms with E-state index in [1.165, 1.54) is 0 Å². The van der Waals surface area contributed by atoms with Gasteiger partial charge in [0.1, 0.15) is 0 Å². The maximum atomic E-state index is 10.8. The minimum atomic E-state index is -0.0185. The predicted molar refractivity (Wildman–Crippen MR) is 39.8 cm³/mol. The van der Waals surface area contributed by atoms with E-state index in [0.29, 0.717) is 0 Å². The fraction of sp³-hybridized carbons (Fsp3) is 0.375. The van der Waals surface area contributed by atoms with Gasteiger partial charge in [-0.3, -0.25) is 4.79 Å². The van der Waals surface area contributed by atoms with Crippen molar-refractivity contribution in [3.05, 3.63) is 24.5 Å². The standard InChI is InChI=1S/C8H11NO/c1-7(8(2)10)9-5-3-4-6-9/h3-7H,1-2H3. The molecule has 1 heterocycles. The molecule has 1 unspecified atom stereocenters. The molecule has 0 aliphatic carbocycles. The summed E-state index contributed by atoms with van der Waals surface area (Å²) < 4.78 is 1.89. The van der Waals surface area contributed by atoms with E-state index in [4.69, 9.17) is 0 Å². The monoisotopic (exact) mass is 137 g/mol. The zero-order valence-electron chi connectivity index (χ0n) is 6.24. The third-order valence-electron chi connectivity index (χ3n) is 1.66. The molecular formula is C8H11NO. The lowest BCUT2D eigenvalue weighted by atomic mass is 10.2. The van der Waals surface area contributed by atoms with E-state index >= 15 is 0 Å². The van der Waals surface area contributed by atoms with E-state index in [9.17, 15) is 4.79 Å². The molecule has 10 heavy (non-hydrogen) atoms. The van der Waals surface area contributed by atoms with Crippen LogP contribution in [0.5, 0.6) is 0 Å². The molecule has 54 valence electrons. The first-order chi connectivity index (χ1) is 4.72. The molecule has 2 nitrogen and oxygen atoms in total.